The number of halogens is 3. The normalized spacial score (nSPS) is 9.35. The average molecular weight is 384 g/mol. The molecule has 128 valence electrons. The third-order valence-electron chi connectivity index (χ3n) is 2.44. The lowest BCUT2D eigenvalue weighted by Crippen LogP contribution is -2.27. The van der Waals surface area contributed by atoms with Crippen molar-refractivity contribution in [3.05, 3.63) is 36.2 Å². The van der Waals surface area contributed by atoms with E-state index < -0.39 is 5.91 Å². The van der Waals surface area contributed by atoms with Gasteiger partial charge in [0.05, 0.1) is 24.7 Å². The van der Waals surface area contributed by atoms with Gasteiger partial charge in [-0.25, -0.2) is 20.8 Å². The second-order valence-corrected chi connectivity index (χ2v) is 3.89. The molecular weight excluding hydrogens is 367 g/mol. The molecule has 0 unspecified atom stereocenters. The molecule has 2 heterocycles. The zero-order chi connectivity index (χ0) is 14.5. The van der Waals surface area contributed by atoms with Crippen molar-refractivity contribution in [2.24, 2.45) is 5.84 Å². The molecule has 0 spiro atoms. The van der Waals surface area contributed by atoms with E-state index in [1.54, 1.807) is 10.9 Å². The first-order valence-corrected chi connectivity index (χ1v) is 5.74. The fourth-order valence-electron chi connectivity index (χ4n) is 1.52. The number of hydrazine groups is 1. The van der Waals surface area contributed by atoms with E-state index in [2.05, 4.69) is 15.0 Å². The Morgan fingerprint density at radius 1 is 1.35 bits per heavy atom. The topological polar surface area (TPSA) is 108 Å². The molecule has 0 bridgehead atoms. The van der Waals surface area contributed by atoms with E-state index in [0.29, 0.717) is 17.4 Å². The maximum absolute atomic E-state index is 11.0. The Morgan fingerprint density at radius 3 is 2.57 bits per heavy atom. The minimum absolute atomic E-state index is 0. The summed E-state index contributed by atoms with van der Waals surface area (Å²) in [7, 11) is 1.50. The van der Waals surface area contributed by atoms with Gasteiger partial charge in [-0.15, -0.1) is 37.2 Å². The zero-order valence-electron chi connectivity index (χ0n) is 12.3. The van der Waals surface area contributed by atoms with Crippen LogP contribution in [0, 0.1) is 6.92 Å². The van der Waals surface area contributed by atoms with Gasteiger partial charge < -0.3 is 4.74 Å². The molecule has 2 aromatic rings. The Labute approximate surface area is 151 Å². The van der Waals surface area contributed by atoms with Crippen molar-refractivity contribution in [1.82, 2.24) is 24.9 Å². The van der Waals surface area contributed by atoms with Crippen molar-refractivity contribution in [2.45, 2.75) is 6.92 Å². The highest BCUT2D eigenvalue weighted by atomic mass is 35.5. The van der Waals surface area contributed by atoms with E-state index in [4.69, 9.17) is 10.6 Å². The van der Waals surface area contributed by atoms with Gasteiger partial charge in [0.15, 0.2) is 0 Å². The summed E-state index contributed by atoms with van der Waals surface area (Å²) in [4.78, 5) is 23.6. The van der Waals surface area contributed by atoms with Crippen molar-refractivity contribution >= 4 is 49.2 Å². The highest BCUT2D eigenvalue weighted by Gasteiger charge is 2.09. The maximum Gasteiger partial charge on any atom is 0.258 e. The van der Waals surface area contributed by atoms with Crippen molar-refractivity contribution in [3.63, 3.8) is 0 Å². The first-order chi connectivity index (χ1) is 9.63. The number of nitrogens with two attached hydrogens (primary N) is 1. The molecule has 0 saturated heterocycles. The van der Waals surface area contributed by atoms with E-state index in [9.17, 15) is 4.79 Å². The first-order valence-electron chi connectivity index (χ1n) is 5.74. The number of methoxy groups -OCH3 is 1. The SMILES string of the molecule is COc1nc(/C=C/C(=O)NN)cnc1-n1cnc(C)c1.Cl.Cl.Cl. The van der Waals surface area contributed by atoms with Gasteiger partial charge in [-0.1, -0.05) is 0 Å². The van der Waals surface area contributed by atoms with E-state index in [-0.39, 0.29) is 37.2 Å². The van der Waals surface area contributed by atoms with Crippen LogP contribution < -0.4 is 16.0 Å². The Balaban J connectivity index is 0. The van der Waals surface area contributed by atoms with Gasteiger partial charge >= 0.3 is 0 Å². The number of amides is 1. The van der Waals surface area contributed by atoms with Crippen molar-refractivity contribution in [3.8, 4) is 11.7 Å². The van der Waals surface area contributed by atoms with Crippen molar-refractivity contribution < 1.29 is 9.53 Å². The maximum atomic E-state index is 11.0. The lowest BCUT2D eigenvalue weighted by Gasteiger charge is -2.07. The zero-order valence-corrected chi connectivity index (χ0v) is 14.7. The molecule has 0 fully saturated rings. The number of ether oxygens (including phenoxy) is 1. The number of aromatic nitrogens is 4. The molecule has 0 aliphatic carbocycles. The molecule has 0 aliphatic heterocycles. The van der Waals surface area contributed by atoms with Crippen molar-refractivity contribution in [2.75, 3.05) is 7.11 Å². The van der Waals surface area contributed by atoms with Gasteiger partial charge in [0.25, 0.3) is 11.8 Å². The van der Waals surface area contributed by atoms with E-state index >= 15 is 0 Å². The van der Waals surface area contributed by atoms with Crippen LogP contribution in [0.3, 0.4) is 0 Å². The quantitative estimate of drug-likeness (QED) is 0.356. The van der Waals surface area contributed by atoms with Crippen LogP contribution in [0.5, 0.6) is 5.88 Å². The second-order valence-electron chi connectivity index (χ2n) is 3.89. The van der Waals surface area contributed by atoms with E-state index in [1.165, 1.54) is 25.5 Å². The third kappa shape index (κ3) is 6.03. The number of aryl methyl sites for hydroxylation is 1. The molecule has 1 amide bonds. The molecule has 0 saturated carbocycles. The first kappa shape index (κ1) is 23.4. The molecular formula is C12H17Cl3N6O2. The number of nitrogens with one attached hydrogen (secondary N) is 1. The smallest absolute Gasteiger partial charge is 0.258 e. The summed E-state index contributed by atoms with van der Waals surface area (Å²) in [5.41, 5.74) is 3.32. The minimum atomic E-state index is -0.430. The van der Waals surface area contributed by atoms with Gasteiger partial charge in [0.1, 0.15) is 6.33 Å². The fourth-order valence-corrected chi connectivity index (χ4v) is 1.52. The van der Waals surface area contributed by atoms with E-state index in [0.717, 1.165) is 5.69 Å². The summed E-state index contributed by atoms with van der Waals surface area (Å²) in [6.07, 6.45) is 7.70. The Morgan fingerprint density at radius 2 is 2.04 bits per heavy atom. The largest absolute Gasteiger partial charge is 0.478 e. The lowest BCUT2D eigenvalue weighted by molar-refractivity contribution is -0.116. The number of hydrogen-bond acceptors (Lipinski definition) is 6. The number of rotatable bonds is 4. The number of carbonyl (C=O) groups is 1. The monoisotopic (exact) mass is 382 g/mol. The molecule has 0 aromatic carbocycles. The number of hydrogen-bond donors (Lipinski definition) is 2. The molecule has 8 nitrogen and oxygen atoms in total. The minimum Gasteiger partial charge on any atom is -0.478 e. The molecule has 2 rings (SSSR count). The summed E-state index contributed by atoms with van der Waals surface area (Å²) in [5, 5.41) is 0. The molecule has 2 aromatic heterocycles. The van der Waals surface area contributed by atoms with Crippen LogP contribution in [0.2, 0.25) is 0 Å². The van der Waals surface area contributed by atoms with Crippen LogP contribution in [-0.2, 0) is 4.79 Å². The standard InChI is InChI=1S/C12H14N6O2.3ClH/c1-8-6-18(7-15-8)11-12(20-2)16-9(5-14-11)3-4-10(19)17-13;;;/h3-7H,13H2,1-2H3,(H,17,19);3*1H/b4-3+;;;. The summed E-state index contributed by atoms with van der Waals surface area (Å²) in [6, 6.07) is 0. The van der Waals surface area contributed by atoms with Crippen LogP contribution >= 0.6 is 37.2 Å². The molecule has 3 N–H and O–H groups in total. The predicted octanol–water partition coefficient (Wildman–Crippen LogP) is 1.25. The summed E-state index contributed by atoms with van der Waals surface area (Å²) in [5.74, 6) is 5.40. The molecule has 11 heteroatoms. The van der Waals surface area contributed by atoms with Crippen molar-refractivity contribution in [1.29, 1.82) is 0 Å². The Hall–Kier alpha value is -1.87. The second kappa shape index (κ2) is 10.8. The van der Waals surface area contributed by atoms with Crippen LogP contribution in [-0.4, -0.2) is 32.5 Å². The predicted molar refractivity (Wildman–Crippen MR) is 93.6 cm³/mol. The summed E-state index contributed by atoms with van der Waals surface area (Å²) < 4.78 is 6.91. The van der Waals surface area contributed by atoms with Gasteiger partial charge in [-0.3, -0.25) is 14.8 Å². The van der Waals surface area contributed by atoms with Gasteiger partial charge in [-0.05, 0) is 13.0 Å². The highest BCUT2D eigenvalue weighted by molar-refractivity contribution is 5.90. The van der Waals surface area contributed by atoms with Crippen LogP contribution in [0.1, 0.15) is 11.4 Å². The molecule has 0 aliphatic rings. The highest BCUT2D eigenvalue weighted by Crippen LogP contribution is 2.18. The van der Waals surface area contributed by atoms with Gasteiger partial charge in [0.2, 0.25) is 5.82 Å². The fraction of sp³-hybridized carbons (Fsp3) is 0.167. The molecule has 0 radical (unpaired) electrons. The van der Waals surface area contributed by atoms with Crippen LogP contribution in [0.15, 0.2) is 24.8 Å². The molecule has 0 atom stereocenters. The number of imidazole rings is 1. The van der Waals surface area contributed by atoms with Gasteiger partial charge in [0, 0.05) is 12.3 Å². The Kier molecular flexibility index (Phi) is 11.0. The number of carbonyl (C=O) groups excluding carboxylic acids is 1. The average Bonchev–Trinajstić information content (AvgIpc) is 2.90. The van der Waals surface area contributed by atoms with E-state index in [1.807, 2.05) is 18.5 Å². The summed E-state index contributed by atoms with van der Waals surface area (Å²) >= 11 is 0. The summed E-state index contributed by atoms with van der Waals surface area (Å²) in [6.45, 7) is 1.87. The lowest BCUT2D eigenvalue weighted by atomic mass is 10.4. The molecule has 23 heavy (non-hydrogen) atoms. The Bertz CT molecular complexity index is 662. The van der Waals surface area contributed by atoms with Gasteiger partial charge in [-0.2, -0.15) is 0 Å². The van der Waals surface area contributed by atoms with Crippen LogP contribution in [0.4, 0.5) is 0 Å². The third-order valence-corrected chi connectivity index (χ3v) is 2.44. The number of nitrogens with zero attached hydrogens (tertiary/aromatic N) is 4. The van der Waals surface area contributed by atoms with Crippen LogP contribution in [0.25, 0.3) is 11.9 Å².